The zero-order valence-corrected chi connectivity index (χ0v) is 17.2. The van der Waals surface area contributed by atoms with Crippen LogP contribution in [-0.2, 0) is 10.0 Å². The van der Waals surface area contributed by atoms with E-state index in [1.165, 1.54) is 18.2 Å². The molecule has 3 aromatic rings. The minimum atomic E-state index is -3.90. The summed E-state index contributed by atoms with van der Waals surface area (Å²) in [5.41, 5.74) is 3.20. The Labute approximate surface area is 174 Å². The molecule has 3 aromatic carbocycles. The first-order valence-electron chi connectivity index (χ1n) is 9.23. The van der Waals surface area contributed by atoms with Crippen LogP contribution in [0.15, 0.2) is 65.6 Å². The second-order valence-corrected chi connectivity index (χ2v) is 8.66. The Hall–Kier alpha value is -3.52. The molecule has 1 aliphatic heterocycles. The molecule has 7 nitrogen and oxygen atoms in total. The molecule has 0 fully saturated rings. The van der Waals surface area contributed by atoms with Gasteiger partial charge in [-0.3, -0.25) is 9.52 Å². The van der Waals surface area contributed by atoms with Crippen LogP contribution in [0.4, 0.5) is 11.4 Å². The van der Waals surface area contributed by atoms with Gasteiger partial charge in [0.25, 0.3) is 15.9 Å². The molecule has 154 valence electrons. The summed E-state index contributed by atoms with van der Waals surface area (Å²) in [5, 5.41) is 2.84. The molecule has 30 heavy (non-hydrogen) atoms. The minimum absolute atomic E-state index is 0.0196. The molecule has 0 bridgehead atoms. The number of fused-ring (bicyclic) bond motifs is 1. The van der Waals surface area contributed by atoms with Crippen molar-refractivity contribution in [3.8, 4) is 11.5 Å². The summed E-state index contributed by atoms with van der Waals surface area (Å²) in [4.78, 5) is 12.7. The van der Waals surface area contributed by atoms with Crippen molar-refractivity contribution >= 4 is 27.3 Å². The van der Waals surface area contributed by atoms with Crippen LogP contribution in [0.1, 0.15) is 21.5 Å². The van der Waals surface area contributed by atoms with E-state index in [1.807, 2.05) is 32.0 Å². The Morgan fingerprint density at radius 2 is 1.73 bits per heavy atom. The van der Waals surface area contributed by atoms with Crippen LogP contribution in [0.5, 0.6) is 11.5 Å². The second kappa shape index (κ2) is 7.72. The number of ether oxygens (including phenoxy) is 2. The minimum Gasteiger partial charge on any atom is -0.454 e. The molecule has 0 spiro atoms. The van der Waals surface area contributed by atoms with E-state index in [0.717, 1.165) is 11.1 Å². The van der Waals surface area contributed by atoms with E-state index in [2.05, 4.69) is 10.0 Å². The molecule has 0 radical (unpaired) electrons. The van der Waals surface area contributed by atoms with Crippen molar-refractivity contribution in [3.63, 3.8) is 0 Å². The highest BCUT2D eigenvalue weighted by atomic mass is 32.2. The van der Waals surface area contributed by atoms with Gasteiger partial charge in [0.2, 0.25) is 6.79 Å². The van der Waals surface area contributed by atoms with E-state index in [4.69, 9.17) is 9.47 Å². The van der Waals surface area contributed by atoms with Gasteiger partial charge in [-0.2, -0.15) is 0 Å². The number of hydrogen-bond donors (Lipinski definition) is 2. The summed E-state index contributed by atoms with van der Waals surface area (Å²) in [7, 11) is -3.90. The van der Waals surface area contributed by atoms with Gasteiger partial charge in [-0.05, 0) is 61.4 Å². The fraction of sp³-hybridized carbons (Fsp3) is 0.136. The van der Waals surface area contributed by atoms with Crippen molar-refractivity contribution in [1.29, 1.82) is 0 Å². The standard InChI is InChI=1S/C22H20N2O5S/c1-14-6-7-15(2)19(10-14)23-22(25)16-4-3-5-18(11-16)30(26,27)24-17-8-9-20-21(12-17)29-13-28-20/h3-12,24H,13H2,1-2H3,(H,23,25). The SMILES string of the molecule is Cc1ccc(C)c(NC(=O)c2cccc(S(=O)(=O)Nc3ccc4c(c3)OCO4)c2)c1. The number of aryl methyl sites for hydroxylation is 2. The summed E-state index contributed by atoms with van der Waals surface area (Å²) in [5.74, 6) is 0.642. The fourth-order valence-corrected chi connectivity index (χ4v) is 4.14. The zero-order valence-electron chi connectivity index (χ0n) is 16.4. The summed E-state index contributed by atoms with van der Waals surface area (Å²) in [6.45, 7) is 3.93. The third kappa shape index (κ3) is 4.08. The lowest BCUT2D eigenvalue weighted by Gasteiger charge is -2.12. The highest BCUT2D eigenvalue weighted by Crippen LogP contribution is 2.34. The van der Waals surface area contributed by atoms with E-state index >= 15 is 0 Å². The highest BCUT2D eigenvalue weighted by molar-refractivity contribution is 7.92. The summed E-state index contributed by atoms with van der Waals surface area (Å²) in [6, 6.07) is 16.4. The zero-order chi connectivity index (χ0) is 21.3. The number of rotatable bonds is 5. The van der Waals surface area contributed by atoms with E-state index in [1.54, 1.807) is 24.3 Å². The smallest absolute Gasteiger partial charge is 0.261 e. The molecular weight excluding hydrogens is 404 g/mol. The molecule has 4 rings (SSSR count). The molecule has 0 unspecified atom stereocenters. The van der Waals surface area contributed by atoms with Crippen LogP contribution in [0.25, 0.3) is 0 Å². The Morgan fingerprint density at radius 3 is 2.57 bits per heavy atom. The molecule has 0 aromatic heterocycles. The maximum Gasteiger partial charge on any atom is 0.261 e. The van der Waals surface area contributed by atoms with Crippen LogP contribution in [-0.4, -0.2) is 21.1 Å². The van der Waals surface area contributed by atoms with E-state index < -0.39 is 10.0 Å². The monoisotopic (exact) mass is 424 g/mol. The molecule has 0 saturated heterocycles. The number of amides is 1. The Bertz CT molecular complexity index is 1240. The molecule has 0 atom stereocenters. The predicted octanol–water partition coefficient (Wildman–Crippen LogP) is 4.09. The highest BCUT2D eigenvalue weighted by Gasteiger charge is 2.19. The van der Waals surface area contributed by atoms with Crippen molar-refractivity contribution < 1.29 is 22.7 Å². The Balaban J connectivity index is 1.56. The number of anilines is 2. The van der Waals surface area contributed by atoms with Gasteiger partial charge in [0.1, 0.15) is 0 Å². The molecule has 8 heteroatoms. The van der Waals surface area contributed by atoms with Crippen molar-refractivity contribution in [2.24, 2.45) is 0 Å². The number of sulfonamides is 1. The van der Waals surface area contributed by atoms with Gasteiger partial charge in [0.05, 0.1) is 10.6 Å². The number of carbonyl (C=O) groups is 1. The summed E-state index contributed by atoms with van der Waals surface area (Å²) < 4.78 is 38.6. The van der Waals surface area contributed by atoms with Crippen molar-refractivity contribution in [2.45, 2.75) is 18.7 Å². The third-order valence-corrected chi connectivity index (χ3v) is 6.05. The quantitative estimate of drug-likeness (QED) is 0.644. The number of carbonyl (C=O) groups excluding carboxylic acids is 1. The average molecular weight is 424 g/mol. The van der Waals surface area contributed by atoms with E-state index in [0.29, 0.717) is 22.9 Å². The third-order valence-electron chi connectivity index (χ3n) is 4.67. The molecule has 2 N–H and O–H groups in total. The molecule has 0 aliphatic carbocycles. The lowest BCUT2D eigenvalue weighted by atomic mass is 10.1. The predicted molar refractivity (Wildman–Crippen MR) is 114 cm³/mol. The van der Waals surface area contributed by atoms with Crippen LogP contribution in [0.2, 0.25) is 0 Å². The molecular formula is C22H20N2O5S. The van der Waals surface area contributed by atoms with Crippen molar-refractivity contribution in [3.05, 3.63) is 77.4 Å². The molecule has 1 aliphatic rings. The number of nitrogens with one attached hydrogen (secondary N) is 2. The Morgan fingerprint density at radius 1 is 0.933 bits per heavy atom. The number of benzene rings is 3. The van der Waals surface area contributed by atoms with Crippen LogP contribution in [0.3, 0.4) is 0 Å². The van der Waals surface area contributed by atoms with E-state index in [-0.39, 0.29) is 23.2 Å². The van der Waals surface area contributed by atoms with Crippen LogP contribution in [0, 0.1) is 13.8 Å². The molecule has 1 amide bonds. The largest absolute Gasteiger partial charge is 0.454 e. The normalized spacial score (nSPS) is 12.5. The number of hydrogen-bond acceptors (Lipinski definition) is 5. The van der Waals surface area contributed by atoms with Crippen molar-refractivity contribution in [2.75, 3.05) is 16.8 Å². The lowest BCUT2D eigenvalue weighted by Crippen LogP contribution is -2.16. The first-order chi connectivity index (χ1) is 14.3. The first kappa shape index (κ1) is 19.8. The fourth-order valence-electron chi connectivity index (χ4n) is 3.04. The van der Waals surface area contributed by atoms with Gasteiger partial charge in [-0.1, -0.05) is 18.2 Å². The van der Waals surface area contributed by atoms with Gasteiger partial charge >= 0.3 is 0 Å². The van der Waals surface area contributed by atoms with Gasteiger partial charge < -0.3 is 14.8 Å². The second-order valence-electron chi connectivity index (χ2n) is 6.97. The lowest BCUT2D eigenvalue weighted by molar-refractivity contribution is 0.102. The van der Waals surface area contributed by atoms with Crippen LogP contribution < -0.4 is 19.5 Å². The first-order valence-corrected chi connectivity index (χ1v) is 10.7. The average Bonchev–Trinajstić information content (AvgIpc) is 3.18. The van der Waals surface area contributed by atoms with Gasteiger partial charge in [-0.25, -0.2) is 8.42 Å². The topological polar surface area (TPSA) is 93.7 Å². The summed E-state index contributed by atoms with van der Waals surface area (Å²) in [6.07, 6.45) is 0. The Kier molecular flexibility index (Phi) is 5.09. The van der Waals surface area contributed by atoms with Gasteiger partial charge in [-0.15, -0.1) is 0 Å². The van der Waals surface area contributed by atoms with Crippen LogP contribution >= 0.6 is 0 Å². The van der Waals surface area contributed by atoms with Crippen molar-refractivity contribution in [1.82, 2.24) is 0 Å². The maximum absolute atomic E-state index is 12.8. The van der Waals surface area contributed by atoms with Gasteiger partial charge in [0, 0.05) is 17.3 Å². The summed E-state index contributed by atoms with van der Waals surface area (Å²) >= 11 is 0. The maximum atomic E-state index is 12.8. The molecule has 0 saturated carbocycles. The van der Waals surface area contributed by atoms with E-state index in [9.17, 15) is 13.2 Å². The van der Waals surface area contributed by atoms with Gasteiger partial charge in [0.15, 0.2) is 11.5 Å². The molecule has 1 heterocycles.